The molecule has 94 valence electrons. The second-order valence-electron chi connectivity index (χ2n) is 3.73. The number of carbonyl (C=O) groups excluding carboxylic acids is 1. The number of aromatic amines is 1. The highest BCUT2D eigenvalue weighted by Gasteiger charge is 2.11. The Morgan fingerprint density at radius 1 is 1.50 bits per heavy atom. The van der Waals surface area contributed by atoms with Gasteiger partial charge in [-0.1, -0.05) is 11.6 Å². The number of anilines is 1. The van der Waals surface area contributed by atoms with Crippen LogP contribution in [0.2, 0.25) is 5.02 Å². The molecule has 0 aliphatic heterocycles. The Kier molecular flexibility index (Phi) is 3.84. The van der Waals surface area contributed by atoms with Crippen LogP contribution in [0, 0.1) is 0 Å². The van der Waals surface area contributed by atoms with Crippen molar-refractivity contribution in [1.82, 2.24) is 15.5 Å². The molecule has 1 aromatic carbocycles. The van der Waals surface area contributed by atoms with Gasteiger partial charge < -0.3 is 10.6 Å². The molecular formula is C12H13ClN4O. The molecule has 3 N–H and O–H groups in total. The summed E-state index contributed by atoms with van der Waals surface area (Å²) in [5.74, 6) is -0.178. The molecule has 0 aliphatic carbocycles. The van der Waals surface area contributed by atoms with E-state index in [0.29, 0.717) is 17.1 Å². The van der Waals surface area contributed by atoms with E-state index in [4.69, 9.17) is 11.6 Å². The number of benzene rings is 1. The lowest BCUT2D eigenvalue weighted by molar-refractivity contribution is 0.0951. The number of amides is 1. The molecule has 1 aromatic heterocycles. The number of carbonyl (C=O) groups is 1. The van der Waals surface area contributed by atoms with Crippen molar-refractivity contribution in [2.45, 2.75) is 6.54 Å². The van der Waals surface area contributed by atoms with Gasteiger partial charge in [0.15, 0.2) is 0 Å². The zero-order valence-corrected chi connectivity index (χ0v) is 10.6. The number of nitrogens with zero attached hydrogens (tertiary/aromatic N) is 1. The lowest BCUT2D eigenvalue weighted by atomic mass is 10.1. The summed E-state index contributed by atoms with van der Waals surface area (Å²) < 4.78 is 0. The molecule has 2 aromatic rings. The summed E-state index contributed by atoms with van der Waals surface area (Å²) in [4.78, 5) is 12.0. The first kappa shape index (κ1) is 12.4. The molecule has 0 saturated carbocycles. The Balaban J connectivity index is 2.10. The molecule has 0 saturated heterocycles. The molecule has 0 atom stereocenters. The van der Waals surface area contributed by atoms with Gasteiger partial charge >= 0.3 is 0 Å². The first-order chi connectivity index (χ1) is 8.70. The van der Waals surface area contributed by atoms with Crippen LogP contribution in [0.3, 0.4) is 0 Å². The van der Waals surface area contributed by atoms with E-state index in [9.17, 15) is 4.79 Å². The molecule has 1 heterocycles. The van der Waals surface area contributed by atoms with E-state index >= 15 is 0 Å². The van der Waals surface area contributed by atoms with E-state index < -0.39 is 0 Å². The highest BCUT2D eigenvalue weighted by atomic mass is 35.5. The van der Waals surface area contributed by atoms with Gasteiger partial charge in [0.05, 0.1) is 11.8 Å². The zero-order valence-electron chi connectivity index (χ0n) is 9.83. The van der Waals surface area contributed by atoms with Crippen LogP contribution in [0.25, 0.3) is 0 Å². The van der Waals surface area contributed by atoms with Crippen LogP contribution in [0.1, 0.15) is 15.9 Å². The van der Waals surface area contributed by atoms with Gasteiger partial charge in [0.2, 0.25) is 0 Å². The minimum Gasteiger partial charge on any atom is -0.387 e. The fraction of sp³-hybridized carbons (Fsp3) is 0.167. The topological polar surface area (TPSA) is 69.8 Å². The molecule has 0 radical (unpaired) electrons. The largest absolute Gasteiger partial charge is 0.387 e. The van der Waals surface area contributed by atoms with Crippen molar-refractivity contribution in [2.75, 3.05) is 12.4 Å². The minimum atomic E-state index is -0.178. The summed E-state index contributed by atoms with van der Waals surface area (Å²) in [7, 11) is 1.76. The normalized spacial score (nSPS) is 10.1. The Hall–Kier alpha value is -2.01. The Labute approximate surface area is 110 Å². The summed E-state index contributed by atoms with van der Waals surface area (Å²) in [6, 6.07) is 5.15. The van der Waals surface area contributed by atoms with Gasteiger partial charge in [0.25, 0.3) is 5.91 Å². The molecule has 2 rings (SSSR count). The van der Waals surface area contributed by atoms with E-state index in [0.717, 1.165) is 11.3 Å². The molecule has 0 spiro atoms. The molecule has 6 heteroatoms. The number of halogens is 1. The van der Waals surface area contributed by atoms with E-state index in [1.165, 1.54) is 0 Å². The van der Waals surface area contributed by atoms with Crippen LogP contribution < -0.4 is 10.6 Å². The smallest absolute Gasteiger partial charge is 0.253 e. The van der Waals surface area contributed by atoms with Gasteiger partial charge in [-0.25, -0.2) is 0 Å². The van der Waals surface area contributed by atoms with Crippen molar-refractivity contribution in [3.05, 3.63) is 46.7 Å². The second kappa shape index (κ2) is 5.55. The van der Waals surface area contributed by atoms with E-state index in [2.05, 4.69) is 20.8 Å². The van der Waals surface area contributed by atoms with Gasteiger partial charge in [0, 0.05) is 36.1 Å². The maximum atomic E-state index is 12.0. The number of hydrogen-bond donors (Lipinski definition) is 3. The van der Waals surface area contributed by atoms with Crippen molar-refractivity contribution in [3.8, 4) is 0 Å². The van der Waals surface area contributed by atoms with Crippen LogP contribution in [0.5, 0.6) is 0 Å². The first-order valence-corrected chi connectivity index (χ1v) is 5.81. The molecule has 5 nitrogen and oxygen atoms in total. The molecular weight excluding hydrogens is 252 g/mol. The molecule has 18 heavy (non-hydrogen) atoms. The number of H-pyrrole nitrogens is 1. The fourth-order valence-corrected chi connectivity index (χ4v) is 1.75. The SMILES string of the molecule is CNc1ccc(Cl)cc1C(=O)NCc1cn[nH]c1. The average molecular weight is 265 g/mol. The minimum absolute atomic E-state index is 0.178. The van der Waals surface area contributed by atoms with Crippen LogP contribution in [-0.4, -0.2) is 23.2 Å². The monoisotopic (exact) mass is 264 g/mol. The number of hydrogen-bond acceptors (Lipinski definition) is 3. The standard InChI is InChI=1S/C12H13ClN4O/c1-14-11-3-2-9(13)4-10(11)12(18)15-5-8-6-16-17-7-8/h2-4,6-7,14H,5H2,1H3,(H,15,18)(H,16,17). The summed E-state index contributed by atoms with van der Waals surface area (Å²) in [5.41, 5.74) is 2.17. The molecule has 0 unspecified atom stereocenters. The Morgan fingerprint density at radius 3 is 3.00 bits per heavy atom. The molecule has 1 amide bonds. The van der Waals surface area contributed by atoms with Crippen molar-refractivity contribution in [2.24, 2.45) is 0 Å². The van der Waals surface area contributed by atoms with E-state index in [-0.39, 0.29) is 5.91 Å². The molecule has 0 fully saturated rings. The van der Waals surface area contributed by atoms with Crippen LogP contribution in [0.4, 0.5) is 5.69 Å². The highest BCUT2D eigenvalue weighted by molar-refractivity contribution is 6.31. The van der Waals surface area contributed by atoms with Gasteiger partial charge in [0.1, 0.15) is 0 Å². The third-order valence-corrected chi connectivity index (χ3v) is 2.74. The fourth-order valence-electron chi connectivity index (χ4n) is 1.57. The third-order valence-electron chi connectivity index (χ3n) is 2.50. The molecule has 0 aliphatic rings. The van der Waals surface area contributed by atoms with Crippen molar-refractivity contribution < 1.29 is 4.79 Å². The van der Waals surface area contributed by atoms with Crippen molar-refractivity contribution in [3.63, 3.8) is 0 Å². The lowest BCUT2D eigenvalue weighted by Gasteiger charge is -2.09. The van der Waals surface area contributed by atoms with Crippen LogP contribution in [-0.2, 0) is 6.54 Å². The predicted octanol–water partition coefficient (Wildman–Crippen LogP) is 2.03. The quantitative estimate of drug-likeness (QED) is 0.791. The predicted molar refractivity (Wildman–Crippen MR) is 70.8 cm³/mol. The summed E-state index contributed by atoms with van der Waals surface area (Å²) >= 11 is 5.89. The van der Waals surface area contributed by atoms with E-state index in [1.54, 1.807) is 37.6 Å². The second-order valence-corrected chi connectivity index (χ2v) is 4.17. The summed E-state index contributed by atoms with van der Waals surface area (Å²) in [5, 5.41) is 12.8. The number of nitrogens with one attached hydrogen (secondary N) is 3. The van der Waals surface area contributed by atoms with Gasteiger partial charge in [-0.2, -0.15) is 5.10 Å². The third kappa shape index (κ3) is 2.81. The van der Waals surface area contributed by atoms with Crippen molar-refractivity contribution in [1.29, 1.82) is 0 Å². The number of aromatic nitrogens is 2. The maximum Gasteiger partial charge on any atom is 0.253 e. The lowest BCUT2D eigenvalue weighted by Crippen LogP contribution is -2.23. The summed E-state index contributed by atoms with van der Waals surface area (Å²) in [6.07, 6.45) is 3.40. The van der Waals surface area contributed by atoms with Crippen molar-refractivity contribution >= 4 is 23.2 Å². The molecule has 0 bridgehead atoms. The highest BCUT2D eigenvalue weighted by Crippen LogP contribution is 2.20. The maximum absolute atomic E-state index is 12.0. The number of rotatable bonds is 4. The Bertz CT molecular complexity index is 539. The Morgan fingerprint density at radius 2 is 2.33 bits per heavy atom. The van der Waals surface area contributed by atoms with Gasteiger partial charge in [-0.3, -0.25) is 9.89 Å². The van der Waals surface area contributed by atoms with Gasteiger partial charge in [-0.15, -0.1) is 0 Å². The average Bonchev–Trinajstić information content (AvgIpc) is 2.89. The first-order valence-electron chi connectivity index (χ1n) is 5.44. The van der Waals surface area contributed by atoms with Gasteiger partial charge in [-0.05, 0) is 18.2 Å². The van der Waals surface area contributed by atoms with Crippen LogP contribution >= 0.6 is 11.6 Å². The van der Waals surface area contributed by atoms with Crippen LogP contribution in [0.15, 0.2) is 30.6 Å². The van der Waals surface area contributed by atoms with E-state index in [1.807, 2.05) is 0 Å². The summed E-state index contributed by atoms with van der Waals surface area (Å²) in [6.45, 7) is 0.422. The zero-order chi connectivity index (χ0) is 13.0.